The van der Waals surface area contributed by atoms with Crippen LogP contribution in [0.3, 0.4) is 0 Å². The lowest BCUT2D eigenvalue weighted by molar-refractivity contribution is -0.0612. The molecule has 0 aliphatic carbocycles. The molecule has 0 bridgehead atoms. The third-order valence-corrected chi connectivity index (χ3v) is 4.32. The highest BCUT2D eigenvalue weighted by molar-refractivity contribution is 6.31. The maximum absolute atomic E-state index is 6.28. The monoisotopic (exact) mass is 296 g/mol. The van der Waals surface area contributed by atoms with Gasteiger partial charge in [-0.15, -0.1) is 0 Å². The summed E-state index contributed by atoms with van der Waals surface area (Å²) in [5.74, 6) is 0. The molecule has 1 aliphatic rings. The molecule has 0 saturated carbocycles. The Labute approximate surface area is 127 Å². The zero-order valence-corrected chi connectivity index (χ0v) is 13.4. The molecule has 2 unspecified atom stereocenters. The van der Waals surface area contributed by atoms with E-state index in [0.717, 1.165) is 43.2 Å². The van der Waals surface area contributed by atoms with E-state index in [0.29, 0.717) is 0 Å². The predicted molar refractivity (Wildman–Crippen MR) is 84.5 cm³/mol. The van der Waals surface area contributed by atoms with E-state index in [1.165, 1.54) is 5.56 Å². The molecular formula is C16H25ClN2O. The van der Waals surface area contributed by atoms with Crippen LogP contribution in [-0.2, 0) is 4.74 Å². The van der Waals surface area contributed by atoms with Crippen molar-refractivity contribution < 1.29 is 4.74 Å². The van der Waals surface area contributed by atoms with Crippen LogP contribution < -0.4 is 5.32 Å². The van der Waals surface area contributed by atoms with Crippen LogP contribution in [0.15, 0.2) is 18.2 Å². The highest BCUT2D eigenvalue weighted by Gasteiger charge is 2.31. The molecule has 0 amide bonds. The predicted octanol–water partition coefficient (Wildman–Crippen LogP) is 3.02. The lowest BCUT2D eigenvalue weighted by Crippen LogP contribution is -2.47. The first-order valence-electron chi connectivity index (χ1n) is 7.42. The number of hydrogen-bond acceptors (Lipinski definition) is 3. The van der Waals surface area contributed by atoms with Crippen molar-refractivity contribution in [3.8, 4) is 0 Å². The molecule has 1 fully saturated rings. The van der Waals surface area contributed by atoms with Gasteiger partial charge in [0.25, 0.3) is 0 Å². The van der Waals surface area contributed by atoms with E-state index in [9.17, 15) is 0 Å². The van der Waals surface area contributed by atoms with Gasteiger partial charge in [-0.05, 0) is 44.1 Å². The second-order valence-electron chi connectivity index (χ2n) is 5.55. The number of nitrogens with one attached hydrogen (secondary N) is 1. The number of morpholine rings is 1. The minimum Gasteiger partial charge on any atom is -0.374 e. The SMILES string of the molecule is CCCNCC1OCCN(C)C1c1ccc(C)c(Cl)c1. The lowest BCUT2D eigenvalue weighted by atomic mass is 9.97. The summed E-state index contributed by atoms with van der Waals surface area (Å²) in [6.07, 6.45) is 1.32. The maximum Gasteiger partial charge on any atom is 0.0896 e. The van der Waals surface area contributed by atoms with E-state index < -0.39 is 0 Å². The fraction of sp³-hybridized carbons (Fsp3) is 0.625. The van der Waals surface area contributed by atoms with Gasteiger partial charge in [0.1, 0.15) is 0 Å². The fourth-order valence-electron chi connectivity index (χ4n) is 2.72. The summed E-state index contributed by atoms with van der Waals surface area (Å²) in [5.41, 5.74) is 2.36. The normalized spacial score (nSPS) is 24.0. The van der Waals surface area contributed by atoms with Gasteiger partial charge < -0.3 is 10.1 Å². The summed E-state index contributed by atoms with van der Waals surface area (Å²) in [5, 5.41) is 4.30. The Morgan fingerprint density at radius 2 is 2.25 bits per heavy atom. The fourth-order valence-corrected chi connectivity index (χ4v) is 2.90. The number of aryl methyl sites for hydroxylation is 1. The van der Waals surface area contributed by atoms with Crippen molar-refractivity contribution in [2.45, 2.75) is 32.4 Å². The van der Waals surface area contributed by atoms with E-state index in [1.807, 2.05) is 6.92 Å². The topological polar surface area (TPSA) is 24.5 Å². The van der Waals surface area contributed by atoms with Crippen LogP contribution in [0.25, 0.3) is 0 Å². The quantitative estimate of drug-likeness (QED) is 0.845. The average Bonchev–Trinajstić information content (AvgIpc) is 2.43. The zero-order chi connectivity index (χ0) is 14.5. The maximum atomic E-state index is 6.28. The van der Waals surface area contributed by atoms with Crippen molar-refractivity contribution in [2.75, 3.05) is 33.3 Å². The van der Waals surface area contributed by atoms with Gasteiger partial charge in [-0.1, -0.05) is 30.7 Å². The van der Waals surface area contributed by atoms with Gasteiger partial charge in [-0.3, -0.25) is 4.90 Å². The number of benzene rings is 1. The standard InChI is InChI=1S/C16H25ClN2O/c1-4-7-18-11-15-16(19(3)8-9-20-15)13-6-5-12(2)14(17)10-13/h5-6,10,15-16,18H,4,7-9,11H2,1-3H3. The molecule has 0 spiro atoms. The third kappa shape index (κ3) is 3.73. The van der Waals surface area contributed by atoms with E-state index in [1.54, 1.807) is 0 Å². The molecule has 20 heavy (non-hydrogen) atoms. The summed E-state index contributed by atoms with van der Waals surface area (Å²) in [7, 11) is 2.16. The molecule has 1 aromatic carbocycles. The van der Waals surface area contributed by atoms with Gasteiger partial charge in [0.05, 0.1) is 18.8 Å². The van der Waals surface area contributed by atoms with Crippen LogP contribution >= 0.6 is 11.6 Å². The second kappa shape index (κ2) is 7.41. The molecular weight excluding hydrogens is 272 g/mol. The molecule has 0 aromatic heterocycles. The third-order valence-electron chi connectivity index (χ3n) is 3.91. The average molecular weight is 297 g/mol. The molecule has 4 heteroatoms. The summed E-state index contributed by atoms with van der Waals surface area (Å²) >= 11 is 6.28. The van der Waals surface area contributed by atoms with Gasteiger partial charge in [-0.25, -0.2) is 0 Å². The van der Waals surface area contributed by atoms with Crippen LogP contribution in [0.1, 0.15) is 30.5 Å². The Hall–Kier alpha value is -0.610. The van der Waals surface area contributed by atoms with Gasteiger partial charge >= 0.3 is 0 Å². The molecule has 2 rings (SSSR count). The second-order valence-corrected chi connectivity index (χ2v) is 5.95. The van der Waals surface area contributed by atoms with Crippen LogP contribution in [0.5, 0.6) is 0 Å². The van der Waals surface area contributed by atoms with Crippen molar-refractivity contribution in [1.29, 1.82) is 0 Å². The Kier molecular flexibility index (Phi) is 5.85. The van der Waals surface area contributed by atoms with Crippen molar-refractivity contribution in [2.24, 2.45) is 0 Å². The van der Waals surface area contributed by atoms with Crippen molar-refractivity contribution in [3.05, 3.63) is 34.3 Å². The Balaban J connectivity index is 2.15. The first-order chi connectivity index (χ1) is 9.63. The Morgan fingerprint density at radius 3 is 2.95 bits per heavy atom. The molecule has 1 heterocycles. The summed E-state index contributed by atoms with van der Waals surface area (Å²) in [6.45, 7) is 7.89. The minimum atomic E-state index is 0.180. The lowest BCUT2D eigenvalue weighted by Gasteiger charge is -2.39. The summed E-state index contributed by atoms with van der Waals surface area (Å²) < 4.78 is 5.98. The molecule has 0 radical (unpaired) electrons. The van der Waals surface area contributed by atoms with Gasteiger partial charge in [-0.2, -0.15) is 0 Å². The molecule has 1 aromatic rings. The number of ether oxygens (including phenoxy) is 1. The summed E-state index contributed by atoms with van der Waals surface area (Å²) in [6, 6.07) is 6.62. The van der Waals surface area contributed by atoms with Gasteiger partial charge in [0, 0.05) is 18.1 Å². The van der Waals surface area contributed by atoms with Crippen molar-refractivity contribution >= 4 is 11.6 Å². The number of nitrogens with zero attached hydrogens (tertiary/aromatic N) is 1. The van der Waals surface area contributed by atoms with Crippen molar-refractivity contribution in [3.63, 3.8) is 0 Å². The highest BCUT2D eigenvalue weighted by atomic mass is 35.5. The minimum absolute atomic E-state index is 0.180. The van der Waals surface area contributed by atoms with Crippen LogP contribution in [0, 0.1) is 6.92 Å². The van der Waals surface area contributed by atoms with Gasteiger partial charge in [0.2, 0.25) is 0 Å². The molecule has 2 atom stereocenters. The number of halogens is 1. The molecule has 1 saturated heterocycles. The molecule has 1 N–H and O–H groups in total. The van der Waals surface area contributed by atoms with Crippen molar-refractivity contribution in [1.82, 2.24) is 10.2 Å². The molecule has 1 aliphatic heterocycles. The first-order valence-corrected chi connectivity index (χ1v) is 7.80. The Bertz CT molecular complexity index is 438. The van der Waals surface area contributed by atoms with Gasteiger partial charge in [0.15, 0.2) is 0 Å². The van der Waals surface area contributed by atoms with Crippen LogP contribution in [-0.4, -0.2) is 44.3 Å². The van der Waals surface area contributed by atoms with E-state index in [2.05, 4.69) is 42.4 Å². The number of rotatable bonds is 5. The number of likely N-dealkylation sites (N-methyl/N-ethyl adjacent to an activating group) is 1. The first kappa shape index (κ1) is 15.8. The largest absolute Gasteiger partial charge is 0.374 e. The smallest absolute Gasteiger partial charge is 0.0896 e. The highest BCUT2D eigenvalue weighted by Crippen LogP contribution is 2.30. The Morgan fingerprint density at radius 1 is 1.45 bits per heavy atom. The van der Waals surface area contributed by atoms with E-state index in [4.69, 9.17) is 16.3 Å². The summed E-state index contributed by atoms with van der Waals surface area (Å²) in [4.78, 5) is 2.36. The molecule has 3 nitrogen and oxygen atoms in total. The van der Waals surface area contributed by atoms with E-state index in [-0.39, 0.29) is 12.1 Å². The van der Waals surface area contributed by atoms with Crippen LogP contribution in [0.4, 0.5) is 0 Å². The zero-order valence-electron chi connectivity index (χ0n) is 12.7. The van der Waals surface area contributed by atoms with Crippen LogP contribution in [0.2, 0.25) is 5.02 Å². The van der Waals surface area contributed by atoms with E-state index >= 15 is 0 Å². The molecule has 112 valence electrons. The number of hydrogen-bond donors (Lipinski definition) is 1.